The maximum Gasteiger partial charge on any atom is 0.138 e. The summed E-state index contributed by atoms with van der Waals surface area (Å²) in [7, 11) is 2.08. The van der Waals surface area contributed by atoms with Crippen LogP contribution >= 0.6 is 0 Å². The lowest BCUT2D eigenvalue weighted by atomic mass is 10.1. The van der Waals surface area contributed by atoms with E-state index in [9.17, 15) is 0 Å². The van der Waals surface area contributed by atoms with Gasteiger partial charge in [0.15, 0.2) is 0 Å². The Hall–Kier alpha value is -0.900. The Bertz CT molecular complexity index is 341. The minimum absolute atomic E-state index is 0.413. The van der Waals surface area contributed by atoms with Crippen molar-refractivity contribution in [3.63, 3.8) is 0 Å². The van der Waals surface area contributed by atoms with Gasteiger partial charge in [0.25, 0.3) is 0 Å². The van der Waals surface area contributed by atoms with Crippen molar-refractivity contribution in [2.24, 2.45) is 5.92 Å². The molecule has 1 heterocycles. The van der Waals surface area contributed by atoms with Gasteiger partial charge in [-0.15, -0.1) is 0 Å². The van der Waals surface area contributed by atoms with Crippen molar-refractivity contribution in [3.05, 3.63) is 12.2 Å². The molecule has 1 N–H and O–H groups in total. The molecule has 0 bridgehead atoms. The molecule has 0 aliphatic heterocycles. The van der Waals surface area contributed by atoms with Crippen LogP contribution < -0.4 is 5.32 Å². The first-order valence-corrected chi connectivity index (χ1v) is 6.78. The van der Waals surface area contributed by atoms with Gasteiger partial charge < -0.3 is 5.32 Å². The van der Waals surface area contributed by atoms with E-state index in [-0.39, 0.29) is 0 Å². The lowest BCUT2D eigenvalue weighted by molar-refractivity contribution is 0.443. The van der Waals surface area contributed by atoms with Gasteiger partial charge in [-0.05, 0) is 52.5 Å². The van der Waals surface area contributed by atoms with E-state index in [1.165, 1.54) is 25.7 Å². The number of nitrogens with zero attached hydrogens (tertiary/aromatic N) is 3. The van der Waals surface area contributed by atoms with Gasteiger partial charge in [-0.1, -0.05) is 0 Å². The Morgan fingerprint density at radius 3 is 2.82 bits per heavy atom. The summed E-state index contributed by atoms with van der Waals surface area (Å²) in [6.07, 6.45) is 8.00. The summed E-state index contributed by atoms with van der Waals surface area (Å²) in [4.78, 5) is 4.35. The smallest absolute Gasteiger partial charge is 0.138 e. The second-order valence-electron chi connectivity index (χ2n) is 5.34. The highest BCUT2D eigenvalue weighted by Gasteiger charge is 2.29. The molecule has 1 atom stereocenters. The molecule has 0 amide bonds. The first-order chi connectivity index (χ1) is 8.22. The molecule has 0 saturated heterocycles. The Balaban J connectivity index is 1.79. The highest BCUT2D eigenvalue weighted by atomic mass is 15.3. The first-order valence-electron chi connectivity index (χ1n) is 6.78. The van der Waals surface area contributed by atoms with Gasteiger partial charge in [0.05, 0.1) is 0 Å². The zero-order valence-corrected chi connectivity index (χ0v) is 11.2. The molecule has 1 aromatic rings. The number of hydrogen-bond donors (Lipinski definition) is 1. The van der Waals surface area contributed by atoms with Crippen LogP contribution in [0.1, 0.15) is 51.4 Å². The minimum Gasteiger partial charge on any atom is -0.317 e. The van der Waals surface area contributed by atoms with E-state index in [0.717, 1.165) is 18.2 Å². The quantitative estimate of drug-likeness (QED) is 0.789. The van der Waals surface area contributed by atoms with Crippen molar-refractivity contribution in [2.75, 3.05) is 7.05 Å². The average Bonchev–Trinajstić information content (AvgIpc) is 3.03. The Labute approximate surface area is 104 Å². The molecule has 0 radical (unpaired) electrons. The van der Waals surface area contributed by atoms with Gasteiger partial charge in [0, 0.05) is 18.5 Å². The molecule has 17 heavy (non-hydrogen) atoms. The van der Waals surface area contributed by atoms with Crippen LogP contribution in [-0.4, -0.2) is 27.9 Å². The molecule has 4 nitrogen and oxygen atoms in total. The van der Waals surface area contributed by atoms with Gasteiger partial charge in [-0.25, -0.2) is 9.67 Å². The Morgan fingerprint density at radius 2 is 2.24 bits per heavy atom. The van der Waals surface area contributed by atoms with Gasteiger partial charge in [-0.3, -0.25) is 0 Å². The molecule has 1 unspecified atom stereocenters. The largest absolute Gasteiger partial charge is 0.317 e. The standard InChI is InChI=1S/C13H24N4/c1-10(2)17-13(15-9-16-17)6-4-5-12(14-3)11-7-8-11/h9-12,14H,4-8H2,1-3H3. The molecular formula is C13H24N4. The normalized spacial score (nSPS) is 17.6. The molecule has 4 heteroatoms. The number of aromatic nitrogens is 3. The van der Waals surface area contributed by atoms with E-state index in [1.54, 1.807) is 6.33 Å². The van der Waals surface area contributed by atoms with Crippen molar-refractivity contribution >= 4 is 0 Å². The number of aryl methyl sites for hydroxylation is 1. The van der Waals surface area contributed by atoms with Gasteiger partial charge in [-0.2, -0.15) is 5.10 Å². The summed E-state index contributed by atoms with van der Waals surface area (Å²) in [5.41, 5.74) is 0. The van der Waals surface area contributed by atoms with Crippen LogP contribution in [0.3, 0.4) is 0 Å². The third kappa shape index (κ3) is 3.28. The van der Waals surface area contributed by atoms with Crippen molar-refractivity contribution in [1.29, 1.82) is 0 Å². The molecule has 2 rings (SSSR count). The highest BCUT2D eigenvalue weighted by molar-refractivity contribution is 4.89. The number of rotatable bonds is 7. The fourth-order valence-electron chi connectivity index (χ4n) is 2.48. The fraction of sp³-hybridized carbons (Fsp3) is 0.846. The summed E-state index contributed by atoms with van der Waals surface area (Å²) in [5.74, 6) is 2.06. The minimum atomic E-state index is 0.413. The molecule has 1 aliphatic rings. The number of hydrogen-bond acceptors (Lipinski definition) is 3. The molecule has 1 aliphatic carbocycles. The van der Waals surface area contributed by atoms with Crippen molar-refractivity contribution in [3.8, 4) is 0 Å². The molecule has 1 aromatic heterocycles. The van der Waals surface area contributed by atoms with Crippen LogP contribution in [0.2, 0.25) is 0 Å². The zero-order valence-electron chi connectivity index (χ0n) is 11.2. The average molecular weight is 236 g/mol. The Morgan fingerprint density at radius 1 is 1.47 bits per heavy atom. The highest BCUT2D eigenvalue weighted by Crippen LogP contribution is 2.34. The lowest BCUT2D eigenvalue weighted by Crippen LogP contribution is -2.27. The fourth-order valence-corrected chi connectivity index (χ4v) is 2.48. The third-order valence-electron chi connectivity index (χ3n) is 3.61. The molecular weight excluding hydrogens is 212 g/mol. The SMILES string of the molecule is CNC(CCCc1ncnn1C(C)C)C1CC1. The Kier molecular flexibility index (Phi) is 4.15. The molecule has 96 valence electrons. The van der Waals surface area contributed by atoms with E-state index in [0.29, 0.717) is 12.1 Å². The van der Waals surface area contributed by atoms with Crippen molar-refractivity contribution in [1.82, 2.24) is 20.1 Å². The maximum absolute atomic E-state index is 4.35. The van der Waals surface area contributed by atoms with Gasteiger partial charge in [0.1, 0.15) is 12.2 Å². The van der Waals surface area contributed by atoms with Crippen LogP contribution in [0.25, 0.3) is 0 Å². The van der Waals surface area contributed by atoms with Crippen LogP contribution in [0.5, 0.6) is 0 Å². The van der Waals surface area contributed by atoms with Gasteiger partial charge in [0.2, 0.25) is 0 Å². The predicted molar refractivity (Wildman–Crippen MR) is 68.9 cm³/mol. The second kappa shape index (κ2) is 5.63. The molecule has 1 saturated carbocycles. The van der Waals surface area contributed by atoms with E-state index in [4.69, 9.17) is 0 Å². The first kappa shape index (κ1) is 12.6. The maximum atomic E-state index is 4.35. The monoisotopic (exact) mass is 236 g/mol. The van der Waals surface area contributed by atoms with Gasteiger partial charge >= 0.3 is 0 Å². The van der Waals surface area contributed by atoms with Crippen LogP contribution in [0.15, 0.2) is 6.33 Å². The van der Waals surface area contributed by atoms with Crippen LogP contribution in [0.4, 0.5) is 0 Å². The van der Waals surface area contributed by atoms with Crippen molar-refractivity contribution < 1.29 is 0 Å². The second-order valence-corrected chi connectivity index (χ2v) is 5.34. The zero-order chi connectivity index (χ0) is 12.3. The third-order valence-corrected chi connectivity index (χ3v) is 3.61. The summed E-state index contributed by atoms with van der Waals surface area (Å²) in [6.45, 7) is 4.30. The van der Waals surface area contributed by atoms with Crippen LogP contribution in [-0.2, 0) is 6.42 Å². The summed E-state index contributed by atoms with van der Waals surface area (Å²) >= 11 is 0. The van der Waals surface area contributed by atoms with E-state index >= 15 is 0 Å². The van der Waals surface area contributed by atoms with E-state index < -0.39 is 0 Å². The predicted octanol–water partition coefficient (Wildman–Crippen LogP) is 2.18. The van der Waals surface area contributed by atoms with E-state index in [2.05, 4.69) is 36.3 Å². The summed E-state index contributed by atoms with van der Waals surface area (Å²) < 4.78 is 2.03. The van der Waals surface area contributed by atoms with Crippen LogP contribution in [0, 0.1) is 5.92 Å². The topological polar surface area (TPSA) is 42.7 Å². The number of nitrogens with one attached hydrogen (secondary N) is 1. The molecule has 1 fully saturated rings. The van der Waals surface area contributed by atoms with Crippen molar-refractivity contribution in [2.45, 2.75) is 58.0 Å². The lowest BCUT2D eigenvalue weighted by Gasteiger charge is -2.15. The van der Waals surface area contributed by atoms with E-state index in [1.807, 2.05) is 4.68 Å². The summed E-state index contributed by atoms with van der Waals surface area (Å²) in [6, 6.07) is 1.13. The summed E-state index contributed by atoms with van der Waals surface area (Å²) in [5, 5.41) is 7.71. The molecule has 0 aromatic carbocycles. The molecule has 0 spiro atoms.